The van der Waals surface area contributed by atoms with Crippen molar-refractivity contribution in [2.24, 2.45) is 0 Å². The van der Waals surface area contributed by atoms with E-state index < -0.39 is 12.0 Å². The van der Waals surface area contributed by atoms with Crippen LogP contribution in [0, 0.1) is 0 Å². The van der Waals surface area contributed by atoms with Gasteiger partial charge in [-0.2, -0.15) is 0 Å². The average molecular weight is 291 g/mol. The maximum atomic E-state index is 11.2. The highest BCUT2D eigenvalue weighted by molar-refractivity contribution is 5.73. The zero-order valence-corrected chi connectivity index (χ0v) is 13.1. The molecule has 0 aromatic heterocycles. The van der Waals surface area contributed by atoms with Crippen molar-refractivity contribution in [2.75, 3.05) is 6.61 Å². The molecule has 2 rings (SSSR count). The second-order valence-electron chi connectivity index (χ2n) is 6.72. The molecule has 1 atom stereocenters. The van der Waals surface area contributed by atoms with Crippen LogP contribution in [0.1, 0.15) is 45.6 Å². The summed E-state index contributed by atoms with van der Waals surface area (Å²) in [6.07, 6.45) is 2.64. The van der Waals surface area contributed by atoms with Crippen molar-refractivity contribution in [3.63, 3.8) is 0 Å². The van der Waals surface area contributed by atoms with Crippen LogP contribution in [-0.2, 0) is 10.2 Å². The third-order valence-electron chi connectivity index (χ3n) is 3.67. The fourth-order valence-corrected chi connectivity index (χ4v) is 2.31. The number of carbonyl (C=O) groups is 1. The monoisotopic (exact) mass is 291 g/mol. The normalized spacial score (nSPS) is 16.5. The highest BCUT2D eigenvalue weighted by atomic mass is 16.5. The molecule has 1 aliphatic carbocycles. The van der Waals surface area contributed by atoms with Crippen molar-refractivity contribution >= 4 is 5.97 Å². The largest absolute Gasteiger partial charge is 0.493 e. The van der Waals surface area contributed by atoms with Crippen molar-refractivity contribution in [3.8, 4) is 5.75 Å². The molecule has 0 amide bonds. The number of carboxylic acid groups (broad SMARTS) is 1. The van der Waals surface area contributed by atoms with Gasteiger partial charge in [-0.25, -0.2) is 0 Å². The van der Waals surface area contributed by atoms with Gasteiger partial charge in [-0.1, -0.05) is 39.0 Å². The highest BCUT2D eigenvalue weighted by Gasteiger charge is 2.28. The average Bonchev–Trinajstić information content (AvgIpc) is 3.20. The highest BCUT2D eigenvalue weighted by Crippen LogP contribution is 2.31. The number of benzene rings is 1. The van der Waals surface area contributed by atoms with Gasteiger partial charge in [0.15, 0.2) is 0 Å². The minimum absolute atomic E-state index is 0.00898. The van der Waals surface area contributed by atoms with E-state index in [1.807, 2.05) is 18.2 Å². The lowest BCUT2D eigenvalue weighted by atomic mass is 9.86. The molecule has 1 unspecified atom stereocenters. The molecule has 1 fully saturated rings. The Kier molecular flexibility index (Phi) is 4.88. The quantitative estimate of drug-likeness (QED) is 0.811. The Hall–Kier alpha value is -1.55. The van der Waals surface area contributed by atoms with E-state index in [0.717, 1.165) is 24.2 Å². The molecule has 1 aliphatic rings. The first-order chi connectivity index (χ1) is 9.88. The van der Waals surface area contributed by atoms with Crippen molar-refractivity contribution in [3.05, 3.63) is 29.8 Å². The molecule has 116 valence electrons. The van der Waals surface area contributed by atoms with Gasteiger partial charge in [0.05, 0.1) is 6.61 Å². The molecule has 1 saturated carbocycles. The maximum Gasteiger partial charge on any atom is 0.320 e. The number of carboxylic acids is 1. The van der Waals surface area contributed by atoms with Gasteiger partial charge in [0.2, 0.25) is 0 Å². The second-order valence-corrected chi connectivity index (χ2v) is 6.72. The van der Waals surface area contributed by atoms with E-state index in [-0.39, 0.29) is 5.41 Å². The predicted octanol–water partition coefficient (Wildman–Crippen LogP) is 2.96. The molecule has 4 heteroatoms. The summed E-state index contributed by atoms with van der Waals surface area (Å²) in [6.45, 7) is 6.83. The summed E-state index contributed by atoms with van der Waals surface area (Å²) in [5.74, 6) is 0.0511. The third-order valence-corrected chi connectivity index (χ3v) is 3.67. The van der Waals surface area contributed by atoms with Gasteiger partial charge in [-0.05, 0) is 29.9 Å². The summed E-state index contributed by atoms with van der Waals surface area (Å²) >= 11 is 0. The molecule has 1 aromatic carbocycles. The van der Waals surface area contributed by atoms with E-state index in [2.05, 4.69) is 32.2 Å². The summed E-state index contributed by atoms with van der Waals surface area (Å²) in [5, 5.41) is 12.4. The Balaban J connectivity index is 1.91. The topological polar surface area (TPSA) is 58.6 Å². The molecule has 0 heterocycles. The summed E-state index contributed by atoms with van der Waals surface area (Å²) in [5.41, 5.74) is 1.15. The Bertz CT molecular complexity index is 489. The molecule has 0 saturated heterocycles. The standard InChI is InChI=1S/C17H25NO3/c1-17(2,3)13-6-4-5-7-15(13)21-11-10-14(16(19)20)18-12-8-9-12/h4-7,12,14,18H,8-11H2,1-3H3,(H,19,20). The molecular weight excluding hydrogens is 266 g/mol. The summed E-state index contributed by atoms with van der Waals surface area (Å²) < 4.78 is 5.84. The zero-order valence-electron chi connectivity index (χ0n) is 13.1. The first-order valence-electron chi connectivity index (χ1n) is 7.59. The smallest absolute Gasteiger partial charge is 0.320 e. The fraction of sp³-hybridized carbons (Fsp3) is 0.588. The van der Waals surface area contributed by atoms with Gasteiger partial charge in [0.1, 0.15) is 11.8 Å². The number of aliphatic carboxylic acids is 1. The van der Waals surface area contributed by atoms with E-state index in [4.69, 9.17) is 4.74 Å². The van der Waals surface area contributed by atoms with Crippen molar-refractivity contribution in [1.82, 2.24) is 5.32 Å². The molecule has 0 spiro atoms. The first-order valence-corrected chi connectivity index (χ1v) is 7.59. The molecular formula is C17H25NO3. The van der Waals surface area contributed by atoms with E-state index in [1.54, 1.807) is 0 Å². The minimum Gasteiger partial charge on any atom is -0.493 e. The van der Waals surface area contributed by atoms with Crippen LogP contribution >= 0.6 is 0 Å². The van der Waals surface area contributed by atoms with Crippen LogP contribution in [0.3, 0.4) is 0 Å². The predicted molar refractivity (Wildman–Crippen MR) is 82.8 cm³/mol. The first kappa shape index (κ1) is 15.8. The Morgan fingerprint density at radius 3 is 2.62 bits per heavy atom. The molecule has 0 aliphatic heterocycles. The van der Waals surface area contributed by atoms with Crippen LogP contribution in [0.15, 0.2) is 24.3 Å². The van der Waals surface area contributed by atoms with Crippen molar-refractivity contribution in [2.45, 2.75) is 57.5 Å². The number of hydrogen-bond acceptors (Lipinski definition) is 3. The lowest BCUT2D eigenvalue weighted by molar-refractivity contribution is -0.139. The number of nitrogens with one attached hydrogen (secondary N) is 1. The molecule has 2 N–H and O–H groups in total. The number of para-hydroxylation sites is 1. The summed E-state index contributed by atoms with van der Waals surface area (Å²) in [7, 11) is 0. The van der Waals surface area contributed by atoms with Gasteiger partial charge >= 0.3 is 5.97 Å². The Labute approximate surface area is 126 Å². The molecule has 1 aromatic rings. The van der Waals surface area contributed by atoms with Gasteiger partial charge < -0.3 is 15.2 Å². The lowest BCUT2D eigenvalue weighted by Crippen LogP contribution is -2.39. The maximum absolute atomic E-state index is 11.2. The number of rotatable bonds is 7. The van der Waals surface area contributed by atoms with E-state index in [9.17, 15) is 9.90 Å². The van der Waals surface area contributed by atoms with Crippen molar-refractivity contribution < 1.29 is 14.6 Å². The van der Waals surface area contributed by atoms with Crippen molar-refractivity contribution in [1.29, 1.82) is 0 Å². The summed E-state index contributed by atoms with van der Waals surface area (Å²) in [6, 6.07) is 7.83. The van der Waals surface area contributed by atoms with Crippen LogP contribution in [0.5, 0.6) is 5.75 Å². The second kappa shape index (κ2) is 6.48. The third kappa shape index (κ3) is 4.74. The van der Waals surface area contributed by atoms with Crippen LogP contribution in [0.2, 0.25) is 0 Å². The van der Waals surface area contributed by atoms with E-state index in [0.29, 0.717) is 19.1 Å². The van der Waals surface area contributed by atoms with Gasteiger partial charge in [0.25, 0.3) is 0 Å². The number of ether oxygens (including phenoxy) is 1. The van der Waals surface area contributed by atoms with E-state index in [1.165, 1.54) is 0 Å². The Morgan fingerprint density at radius 1 is 1.38 bits per heavy atom. The van der Waals surface area contributed by atoms with Crippen LogP contribution in [0.25, 0.3) is 0 Å². The van der Waals surface area contributed by atoms with Gasteiger partial charge in [0, 0.05) is 12.5 Å². The van der Waals surface area contributed by atoms with Crippen LogP contribution < -0.4 is 10.1 Å². The van der Waals surface area contributed by atoms with Crippen LogP contribution in [-0.4, -0.2) is 29.8 Å². The van der Waals surface area contributed by atoms with Gasteiger partial charge in [-0.3, -0.25) is 4.79 Å². The molecule has 0 bridgehead atoms. The summed E-state index contributed by atoms with van der Waals surface area (Å²) in [4.78, 5) is 11.2. The zero-order chi connectivity index (χ0) is 15.5. The number of hydrogen-bond donors (Lipinski definition) is 2. The minimum atomic E-state index is -0.797. The Morgan fingerprint density at radius 2 is 2.05 bits per heavy atom. The lowest BCUT2D eigenvalue weighted by Gasteiger charge is -2.23. The van der Waals surface area contributed by atoms with Gasteiger partial charge in [-0.15, -0.1) is 0 Å². The molecule has 21 heavy (non-hydrogen) atoms. The fourth-order valence-electron chi connectivity index (χ4n) is 2.31. The molecule has 4 nitrogen and oxygen atoms in total. The molecule has 0 radical (unpaired) electrons. The van der Waals surface area contributed by atoms with E-state index >= 15 is 0 Å². The SMILES string of the molecule is CC(C)(C)c1ccccc1OCCC(NC1CC1)C(=O)O. The van der Waals surface area contributed by atoms with Crippen LogP contribution in [0.4, 0.5) is 0 Å².